The van der Waals surface area contributed by atoms with E-state index < -0.39 is 0 Å². The lowest BCUT2D eigenvalue weighted by atomic mass is 9.91. The van der Waals surface area contributed by atoms with Crippen LogP contribution in [0.5, 0.6) is 0 Å². The molecule has 0 bridgehead atoms. The number of thiocarbonyl (C=S) groups is 1. The lowest BCUT2D eigenvalue weighted by Gasteiger charge is -2.29. The average Bonchev–Trinajstić information content (AvgIpc) is 3.20. The fourth-order valence-electron chi connectivity index (χ4n) is 4.11. The fraction of sp³-hybridized carbons (Fsp3) is 0.556. The maximum Gasteiger partial charge on any atom is 0.220 e. The van der Waals surface area contributed by atoms with Gasteiger partial charge in [-0.2, -0.15) is 0 Å². The van der Waals surface area contributed by atoms with Crippen molar-refractivity contribution >= 4 is 23.0 Å². The number of hydrogen-bond acceptors (Lipinski definition) is 3. The zero-order valence-electron chi connectivity index (χ0n) is 12.8. The lowest BCUT2D eigenvalue weighted by molar-refractivity contribution is 0.0670. The van der Waals surface area contributed by atoms with Crippen molar-refractivity contribution in [2.24, 2.45) is 0 Å². The number of ether oxygens (including phenoxy) is 1. The summed E-state index contributed by atoms with van der Waals surface area (Å²) in [5, 5.41) is 0. The number of Topliss-reactive ketones (excluding diaryl/α,β-unsaturated/α-hetero) is 1. The quantitative estimate of drug-likeness (QED) is 0.619. The third kappa shape index (κ3) is 2.29. The maximum atomic E-state index is 13.1. The van der Waals surface area contributed by atoms with Crippen LogP contribution < -0.4 is 0 Å². The summed E-state index contributed by atoms with van der Waals surface area (Å²) >= 11 is 5.54. The van der Waals surface area contributed by atoms with Gasteiger partial charge in [0.25, 0.3) is 0 Å². The highest BCUT2D eigenvalue weighted by atomic mass is 32.1. The summed E-state index contributed by atoms with van der Waals surface area (Å²) in [6.45, 7) is 2.81. The average molecular weight is 315 g/mol. The Kier molecular flexibility index (Phi) is 3.74. The molecule has 22 heavy (non-hydrogen) atoms. The van der Waals surface area contributed by atoms with Gasteiger partial charge in [0.05, 0.1) is 13.2 Å². The monoisotopic (exact) mass is 315 g/mol. The van der Waals surface area contributed by atoms with E-state index in [4.69, 9.17) is 17.0 Å². The van der Waals surface area contributed by atoms with Crippen LogP contribution in [0.2, 0.25) is 0 Å². The molecule has 116 valence electrons. The first kappa shape index (κ1) is 14.3. The molecule has 3 aliphatic rings. The van der Waals surface area contributed by atoms with Crippen LogP contribution in [0.15, 0.2) is 6.07 Å². The van der Waals surface area contributed by atoms with Crippen molar-refractivity contribution in [3.05, 3.63) is 33.9 Å². The van der Waals surface area contributed by atoms with Gasteiger partial charge in [0.1, 0.15) is 0 Å². The van der Waals surface area contributed by atoms with Crippen molar-refractivity contribution in [2.75, 3.05) is 26.3 Å². The fourth-order valence-corrected chi connectivity index (χ4v) is 4.39. The third-order valence-corrected chi connectivity index (χ3v) is 5.64. The topological polar surface area (TPSA) is 29.5 Å². The number of hydrogen-bond donors (Lipinski definition) is 0. The van der Waals surface area contributed by atoms with Gasteiger partial charge < -0.3 is 9.64 Å². The minimum absolute atomic E-state index is 0.0915. The van der Waals surface area contributed by atoms with E-state index in [1.54, 1.807) is 0 Å². The first-order chi connectivity index (χ1) is 10.8. The Hall–Kier alpha value is -1.26. The number of carbonyl (C=O) groups is 1. The van der Waals surface area contributed by atoms with E-state index in [0.29, 0.717) is 18.2 Å². The highest BCUT2D eigenvalue weighted by Crippen LogP contribution is 2.35. The van der Waals surface area contributed by atoms with E-state index in [0.717, 1.165) is 44.3 Å². The number of ketones is 1. The van der Waals surface area contributed by atoms with Gasteiger partial charge in [-0.3, -0.25) is 4.79 Å². The van der Waals surface area contributed by atoms with Crippen molar-refractivity contribution in [2.45, 2.75) is 38.5 Å². The molecule has 0 amide bonds. The molecule has 1 fully saturated rings. The van der Waals surface area contributed by atoms with Gasteiger partial charge in [-0.15, -0.1) is 0 Å². The van der Waals surface area contributed by atoms with E-state index in [1.165, 1.54) is 35.1 Å². The Labute approximate surface area is 136 Å². The minimum atomic E-state index is 0.0915. The largest absolute Gasteiger partial charge is 0.378 e. The molecular formula is C18H21NO2S. The number of nitrogens with zero attached hydrogens (tertiary/aromatic N) is 1. The molecule has 0 radical (unpaired) electrons. The second-order valence-corrected chi connectivity index (χ2v) is 6.85. The molecule has 0 N–H and O–H groups in total. The summed E-state index contributed by atoms with van der Waals surface area (Å²) in [5.74, 6) is 0.0915. The summed E-state index contributed by atoms with van der Waals surface area (Å²) in [6, 6.07) is 2.36. The van der Waals surface area contributed by atoms with E-state index in [9.17, 15) is 4.79 Å². The molecule has 1 aromatic rings. The lowest BCUT2D eigenvalue weighted by Crippen LogP contribution is -2.43. The summed E-state index contributed by atoms with van der Waals surface area (Å²) in [6.07, 6.45) is 6.65. The molecule has 0 spiro atoms. The zero-order valence-corrected chi connectivity index (χ0v) is 13.6. The van der Waals surface area contributed by atoms with Crippen LogP contribution in [0.4, 0.5) is 0 Å². The SMILES string of the molecule is O=C(C(=S)N1CCOCC1)c1c2c(cc3c1CCC3)CCC2. The summed E-state index contributed by atoms with van der Waals surface area (Å²) in [4.78, 5) is 15.7. The van der Waals surface area contributed by atoms with E-state index >= 15 is 0 Å². The normalized spacial score (nSPS) is 19.9. The van der Waals surface area contributed by atoms with Crippen molar-refractivity contribution in [3.8, 4) is 0 Å². The number of aryl methyl sites for hydroxylation is 2. The second kappa shape index (κ2) is 5.74. The molecule has 0 aromatic heterocycles. The highest BCUT2D eigenvalue weighted by Gasteiger charge is 2.30. The first-order valence-corrected chi connectivity index (χ1v) is 8.74. The van der Waals surface area contributed by atoms with Gasteiger partial charge >= 0.3 is 0 Å². The third-order valence-electron chi connectivity index (χ3n) is 5.19. The predicted molar refractivity (Wildman–Crippen MR) is 89.8 cm³/mol. The molecule has 1 saturated heterocycles. The van der Waals surface area contributed by atoms with Crippen LogP contribution in [0.1, 0.15) is 45.5 Å². The molecule has 0 unspecified atom stereocenters. The molecule has 1 heterocycles. The standard InChI is InChI=1S/C18H21NO2S/c20-17(18(22)19-7-9-21-10-8-19)16-14-5-1-3-12(14)11-13-4-2-6-15(13)16/h11H,1-10H2. The van der Waals surface area contributed by atoms with Crippen molar-refractivity contribution in [1.82, 2.24) is 4.90 Å². The summed E-state index contributed by atoms with van der Waals surface area (Å²) in [7, 11) is 0. The summed E-state index contributed by atoms with van der Waals surface area (Å²) in [5.41, 5.74) is 6.35. The first-order valence-electron chi connectivity index (χ1n) is 8.33. The van der Waals surface area contributed by atoms with Gasteiger partial charge in [0.15, 0.2) is 4.99 Å². The number of fused-ring (bicyclic) bond motifs is 2. The molecular weight excluding hydrogens is 294 g/mol. The Morgan fingerprint density at radius 1 is 1.00 bits per heavy atom. The summed E-state index contributed by atoms with van der Waals surface area (Å²) < 4.78 is 5.37. The van der Waals surface area contributed by atoms with Gasteiger partial charge in [-0.05, 0) is 60.8 Å². The van der Waals surface area contributed by atoms with E-state index in [-0.39, 0.29) is 5.78 Å². The van der Waals surface area contributed by atoms with E-state index in [1.807, 2.05) is 4.90 Å². The molecule has 1 aromatic carbocycles. The molecule has 1 aliphatic heterocycles. The number of rotatable bonds is 2. The Morgan fingerprint density at radius 2 is 1.59 bits per heavy atom. The minimum Gasteiger partial charge on any atom is -0.378 e. The molecule has 3 nitrogen and oxygen atoms in total. The highest BCUT2D eigenvalue weighted by molar-refractivity contribution is 7.82. The van der Waals surface area contributed by atoms with Gasteiger partial charge in [0.2, 0.25) is 5.78 Å². The molecule has 0 saturated carbocycles. The second-order valence-electron chi connectivity index (χ2n) is 6.47. The van der Waals surface area contributed by atoms with Crippen LogP contribution in [0.25, 0.3) is 0 Å². The van der Waals surface area contributed by atoms with Crippen molar-refractivity contribution in [3.63, 3.8) is 0 Å². The number of morpholine rings is 1. The van der Waals surface area contributed by atoms with Crippen molar-refractivity contribution in [1.29, 1.82) is 0 Å². The Balaban J connectivity index is 1.72. The molecule has 4 heteroatoms. The van der Waals surface area contributed by atoms with Gasteiger partial charge in [-0.25, -0.2) is 0 Å². The zero-order chi connectivity index (χ0) is 15.1. The van der Waals surface area contributed by atoms with E-state index in [2.05, 4.69) is 6.07 Å². The predicted octanol–water partition coefficient (Wildman–Crippen LogP) is 2.51. The molecule has 2 aliphatic carbocycles. The van der Waals surface area contributed by atoms with Crippen LogP contribution >= 0.6 is 12.2 Å². The number of benzene rings is 1. The molecule has 4 rings (SSSR count). The van der Waals surface area contributed by atoms with Crippen molar-refractivity contribution < 1.29 is 9.53 Å². The smallest absolute Gasteiger partial charge is 0.220 e. The van der Waals surface area contributed by atoms with Gasteiger partial charge in [0, 0.05) is 18.7 Å². The maximum absolute atomic E-state index is 13.1. The van der Waals surface area contributed by atoms with Crippen LogP contribution in [0.3, 0.4) is 0 Å². The van der Waals surface area contributed by atoms with Crippen LogP contribution in [-0.4, -0.2) is 42.0 Å². The van der Waals surface area contributed by atoms with Crippen LogP contribution in [-0.2, 0) is 30.4 Å². The Bertz CT molecular complexity index is 615. The number of carbonyl (C=O) groups excluding carboxylic acids is 1. The van der Waals surface area contributed by atoms with Gasteiger partial charge in [-0.1, -0.05) is 18.3 Å². The Morgan fingerprint density at radius 3 is 2.18 bits per heavy atom. The molecule has 0 atom stereocenters. The van der Waals surface area contributed by atoms with Crippen LogP contribution in [0, 0.1) is 0 Å².